The number of aliphatic carboxylic acids is 1. The molecule has 2 rings (SSSR count). The molecule has 0 aromatic heterocycles. The summed E-state index contributed by atoms with van der Waals surface area (Å²) in [5.74, 6) is -1.49. The van der Waals surface area contributed by atoms with Crippen LogP contribution in [0.25, 0.3) is 0 Å². The first-order chi connectivity index (χ1) is 14.0. The van der Waals surface area contributed by atoms with Gasteiger partial charge in [-0.05, 0) is 45.3 Å². The van der Waals surface area contributed by atoms with Crippen molar-refractivity contribution in [3.05, 3.63) is 34.9 Å². The molecule has 0 radical (unpaired) electrons. The minimum absolute atomic E-state index is 0.0951. The van der Waals surface area contributed by atoms with Crippen molar-refractivity contribution >= 4 is 29.4 Å². The van der Waals surface area contributed by atoms with Crippen LogP contribution in [0.15, 0.2) is 24.3 Å². The van der Waals surface area contributed by atoms with Crippen molar-refractivity contribution in [2.75, 3.05) is 27.7 Å². The standard InChI is InChI=1S/C22H31ClN2O5/c1-15(2)22(19(27)28,24(3)4)14-30-20(29)25(5)21(13-9-8-12-18(21)26)16-10-6-7-11-17(16)23/h6-7,10-11,15H,8-9,12-14H2,1-5H3,(H,27,28)/t21-,22-/m0/s1. The van der Waals surface area contributed by atoms with Crippen LogP contribution in [0.4, 0.5) is 4.79 Å². The fraction of sp³-hybridized carbons (Fsp3) is 0.591. The molecule has 8 heteroatoms. The number of rotatable bonds is 7. The predicted octanol–water partition coefficient (Wildman–Crippen LogP) is 3.79. The first-order valence-corrected chi connectivity index (χ1v) is 10.5. The van der Waals surface area contributed by atoms with E-state index in [0.717, 1.165) is 12.8 Å². The summed E-state index contributed by atoms with van der Waals surface area (Å²) >= 11 is 6.42. The number of carboxylic acids is 1. The van der Waals surface area contributed by atoms with Crippen molar-refractivity contribution in [2.24, 2.45) is 5.92 Å². The molecule has 1 amide bonds. The van der Waals surface area contributed by atoms with Gasteiger partial charge in [0.05, 0.1) is 0 Å². The molecular weight excluding hydrogens is 408 g/mol. The fourth-order valence-electron chi connectivity index (χ4n) is 4.37. The number of benzene rings is 1. The van der Waals surface area contributed by atoms with Crippen LogP contribution < -0.4 is 0 Å². The van der Waals surface area contributed by atoms with E-state index in [9.17, 15) is 19.5 Å². The second kappa shape index (κ2) is 9.35. The van der Waals surface area contributed by atoms with E-state index < -0.39 is 23.1 Å². The number of halogens is 1. The molecule has 1 fully saturated rings. The lowest BCUT2D eigenvalue weighted by Gasteiger charge is -2.44. The lowest BCUT2D eigenvalue weighted by atomic mass is 9.74. The van der Waals surface area contributed by atoms with E-state index in [-0.39, 0.29) is 18.3 Å². The van der Waals surface area contributed by atoms with Gasteiger partial charge in [-0.25, -0.2) is 4.79 Å². The molecule has 166 valence electrons. The third-order valence-electron chi connectivity index (χ3n) is 6.36. The molecule has 0 aliphatic heterocycles. The average Bonchev–Trinajstić information content (AvgIpc) is 2.68. The summed E-state index contributed by atoms with van der Waals surface area (Å²) in [4.78, 5) is 41.1. The summed E-state index contributed by atoms with van der Waals surface area (Å²) in [6, 6.07) is 7.00. The zero-order chi connectivity index (χ0) is 22.7. The number of ketones is 1. The number of carbonyl (C=O) groups is 3. The largest absolute Gasteiger partial charge is 0.480 e. The quantitative estimate of drug-likeness (QED) is 0.696. The Bertz CT molecular complexity index is 802. The van der Waals surface area contributed by atoms with Gasteiger partial charge in [0.15, 0.2) is 11.3 Å². The molecule has 30 heavy (non-hydrogen) atoms. The molecule has 0 unspecified atom stereocenters. The molecule has 0 bridgehead atoms. The lowest BCUT2D eigenvalue weighted by molar-refractivity contribution is -0.157. The molecule has 1 aliphatic carbocycles. The Morgan fingerprint density at radius 3 is 2.37 bits per heavy atom. The Morgan fingerprint density at radius 1 is 1.23 bits per heavy atom. The zero-order valence-corrected chi connectivity index (χ0v) is 19.0. The highest BCUT2D eigenvalue weighted by Crippen LogP contribution is 2.42. The van der Waals surface area contributed by atoms with Gasteiger partial charge in [0.2, 0.25) is 0 Å². The van der Waals surface area contributed by atoms with Gasteiger partial charge in [0.25, 0.3) is 0 Å². The molecule has 1 N–H and O–H groups in total. The van der Waals surface area contributed by atoms with E-state index in [2.05, 4.69) is 0 Å². The van der Waals surface area contributed by atoms with Crippen molar-refractivity contribution in [1.29, 1.82) is 0 Å². The molecule has 1 aliphatic rings. The molecular formula is C22H31ClN2O5. The van der Waals surface area contributed by atoms with Crippen molar-refractivity contribution in [1.82, 2.24) is 9.80 Å². The van der Waals surface area contributed by atoms with Gasteiger partial charge in [-0.3, -0.25) is 19.4 Å². The van der Waals surface area contributed by atoms with Crippen molar-refractivity contribution in [2.45, 2.75) is 50.6 Å². The molecule has 1 saturated carbocycles. The molecule has 1 aromatic carbocycles. The monoisotopic (exact) mass is 438 g/mol. The number of likely N-dealkylation sites (N-methyl/N-ethyl adjacent to an activating group) is 2. The van der Waals surface area contributed by atoms with Crippen LogP contribution >= 0.6 is 11.6 Å². The highest BCUT2D eigenvalue weighted by atomic mass is 35.5. The van der Waals surface area contributed by atoms with Crippen LogP contribution in [0.1, 0.15) is 45.1 Å². The highest BCUT2D eigenvalue weighted by Gasteiger charge is 2.50. The number of carboxylic acid groups (broad SMARTS) is 1. The van der Waals surface area contributed by atoms with Gasteiger partial charge in [0, 0.05) is 24.1 Å². The first-order valence-electron chi connectivity index (χ1n) is 10.1. The van der Waals surface area contributed by atoms with Gasteiger partial charge in [-0.1, -0.05) is 43.6 Å². The van der Waals surface area contributed by atoms with E-state index in [1.807, 2.05) is 0 Å². The molecule has 0 heterocycles. The zero-order valence-electron chi connectivity index (χ0n) is 18.3. The van der Waals surface area contributed by atoms with Crippen LogP contribution in [0.2, 0.25) is 5.02 Å². The number of hydrogen-bond acceptors (Lipinski definition) is 5. The summed E-state index contributed by atoms with van der Waals surface area (Å²) in [6.45, 7) is 3.19. The van der Waals surface area contributed by atoms with Gasteiger partial charge < -0.3 is 9.84 Å². The second-order valence-electron chi connectivity index (χ2n) is 8.36. The van der Waals surface area contributed by atoms with Crippen molar-refractivity contribution in [3.63, 3.8) is 0 Å². The normalized spacial score (nSPS) is 21.4. The second-order valence-corrected chi connectivity index (χ2v) is 8.77. The maximum atomic E-state index is 13.1. The first kappa shape index (κ1) is 24.2. The third-order valence-corrected chi connectivity index (χ3v) is 6.69. The number of nitrogens with zero attached hydrogens (tertiary/aromatic N) is 2. The van der Waals surface area contributed by atoms with E-state index in [1.54, 1.807) is 57.1 Å². The van der Waals surface area contributed by atoms with Crippen LogP contribution in [-0.2, 0) is 19.9 Å². The maximum Gasteiger partial charge on any atom is 0.410 e. The lowest BCUT2D eigenvalue weighted by Crippen LogP contribution is -2.60. The fourth-order valence-corrected chi connectivity index (χ4v) is 4.66. The minimum atomic E-state index is -1.38. The van der Waals surface area contributed by atoms with Gasteiger partial charge in [0.1, 0.15) is 12.1 Å². The molecule has 7 nitrogen and oxygen atoms in total. The van der Waals surface area contributed by atoms with Crippen LogP contribution in [0.5, 0.6) is 0 Å². The van der Waals surface area contributed by atoms with Crippen LogP contribution in [0, 0.1) is 5.92 Å². The summed E-state index contributed by atoms with van der Waals surface area (Å²) < 4.78 is 5.51. The van der Waals surface area contributed by atoms with Crippen LogP contribution in [0.3, 0.4) is 0 Å². The Balaban J connectivity index is 2.39. The predicted molar refractivity (Wildman–Crippen MR) is 115 cm³/mol. The topological polar surface area (TPSA) is 87.1 Å². The summed E-state index contributed by atoms with van der Waals surface area (Å²) in [5, 5.41) is 10.3. The summed E-state index contributed by atoms with van der Waals surface area (Å²) in [6.07, 6.45) is 1.54. The molecule has 0 spiro atoms. The number of ether oxygens (including phenoxy) is 1. The van der Waals surface area contributed by atoms with E-state index >= 15 is 0 Å². The van der Waals surface area contributed by atoms with Crippen molar-refractivity contribution < 1.29 is 24.2 Å². The Labute approximate surface area is 182 Å². The van der Waals surface area contributed by atoms with E-state index in [0.29, 0.717) is 23.4 Å². The van der Waals surface area contributed by atoms with E-state index in [1.165, 1.54) is 11.9 Å². The average molecular weight is 439 g/mol. The third kappa shape index (κ3) is 4.05. The molecule has 0 saturated heterocycles. The minimum Gasteiger partial charge on any atom is -0.480 e. The molecule has 1 aromatic rings. The van der Waals surface area contributed by atoms with E-state index in [4.69, 9.17) is 16.3 Å². The van der Waals surface area contributed by atoms with Gasteiger partial charge in [-0.15, -0.1) is 0 Å². The summed E-state index contributed by atoms with van der Waals surface area (Å²) in [5.41, 5.74) is -2.04. The van der Waals surface area contributed by atoms with Gasteiger partial charge >= 0.3 is 12.1 Å². The Kier molecular flexibility index (Phi) is 7.53. The smallest absolute Gasteiger partial charge is 0.410 e. The number of hydrogen-bond donors (Lipinski definition) is 1. The van der Waals surface area contributed by atoms with Crippen LogP contribution in [-0.4, -0.2) is 66.0 Å². The number of amides is 1. The Morgan fingerprint density at radius 2 is 1.87 bits per heavy atom. The Hall–Kier alpha value is -2.12. The molecule has 2 atom stereocenters. The number of Topliss-reactive ketones (excluding diaryl/α,β-unsaturated/α-hetero) is 1. The number of carbonyl (C=O) groups excluding carboxylic acids is 2. The van der Waals surface area contributed by atoms with Crippen molar-refractivity contribution in [3.8, 4) is 0 Å². The van der Waals surface area contributed by atoms with Gasteiger partial charge in [-0.2, -0.15) is 0 Å². The maximum absolute atomic E-state index is 13.1. The SMILES string of the molecule is CC(C)[C@@](COC(=O)N(C)[C@]1(c2ccccc2Cl)CCCCC1=O)(C(=O)O)N(C)C. The highest BCUT2D eigenvalue weighted by molar-refractivity contribution is 6.31. The summed E-state index contributed by atoms with van der Waals surface area (Å²) in [7, 11) is 4.80.